The van der Waals surface area contributed by atoms with Crippen molar-refractivity contribution < 1.29 is 5.11 Å². The number of hydrogen-bond acceptors (Lipinski definition) is 5. The Morgan fingerprint density at radius 3 is 2.70 bits per heavy atom. The summed E-state index contributed by atoms with van der Waals surface area (Å²) in [7, 11) is 2.01. The number of rotatable bonds is 7. The van der Waals surface area contributed by atoms with Gasteiger partial charge in [-0.1, -0.05) is 18.2 Å². The van der Waals surface area contributed by atoms with Crippen LogP contribution >= 0.6 is 0 Å². The number of hydrogen-bond donors (Lipinski definition) is 1. The molecule has 1 aliphatic heterocycles. The molecule has 0 amide bonds. The SMILES string of the molecule is CN(Cc1cnn(-c2ccccc2)n1)C[C@@H](O)CN1CCCC1. The van der Waals surface area contributed by atoms with E-state index in [2.05, 4.69) is 20.0 Å². The van der Waals surface area contributed by atoms with Crippen molar-refractivity contribution in [3.8, 4) is 5.69 Å². The Labute approximate surface area is 137 Å². The van der Waals surface area contributed by atoms with Crippen molar-refractivity contribution in [3.05, 3.63) is 42.2 Å². The number of para-hydroxylation sites is 1. The Morgan fingerprint density at radius 2 is 1.96 bits per heavy atom. The Hall–Kier alpha value is -1.76. The molecule has 2 heterocycles. The van der Waals surface area contributed by atoms with Gasteiger partial charge in [-0.05, 0) is 45.1 Å². The minimum atomic E-state index is -0.317. The van der Waals surface area contributed by atoms with Crippen molar-refractivity contribution in [2.24, 2.45) is 0 Å². The quantitative estimate of drug-likeness (QED) is 0.831. The number of likely N-dealkylation sites (tertiary alicyclic amines) is 1. The molecule has 2 aromatic rings. The molecule has 6 heteroatoms. The van der Waals surface area contributed by atoms with Crippen LogP contribution < -0.4 is 0 Å². The maximum Gasteiger partial charge on any atom is 0.0971 e. The summed E-state index contributed by atoms with van der Waals surface area (Å²) >= 11 is 0. The Morgan fingerprint density at radius 1 is 1.22 bits per heavy atom. The Kier molecular flexibility index (Phi) is 5.38. The summed E-state index contributed by atoms with van der Waals surface area (Å²) in [5.41, 5.74) is 1.86. The van der Waals surface area contributed by atoms with E-state index in [1.807, 2.05) is 37.4 Å². The monoisotopic (exact) mass is 315 g/mol. The van der Waals surface area contributed by atoms with Crippen LogP contribution in [0.4, 0.5) is 0 Å². The number of aliphatic hydroxyl groups is 1. The van der Waals surface area contributed by atoms with Gasteiger partial charge >= 0.3 is 0 Å². The van der Waals surface area contributed by atoms with Crippen LogP contribution in [0.3, 0.4) is 0 Å². The molecule has 23 heavy (non-hydrogen) atoms. The van der Waals surface area contributed by atoms with E-state index in [0.29, 0.717) is 13.1 Å². The van der Waals surface area contributed by atoms with Gasteiger partial charge in [0.05, 0.1) is 23.7 Å². The number of likely N-dealkylation sites (N-methyl/N-ethyl adjacent to an activating group) is 1. The largest absolute Gasteiger partial charge is 0.390 e. The molecule has 0 saturated carbocycles. The molecule has 1 atom stereocenters. The zero-order valence-corrected chi connectivity index (χ0v) is 13.7. The first-order chi connectivity index (χ1) is 11.2. The highest BCUT2D eigenvalue weighted by Gasteiger charge is 2.17. The maximum atomic E-state index is 10.2. The Balaban J connectivity index is 1.49. The average molecular weight is 315 g/mol. The highest BCUT2D eigenvalue weighted by atomic mass is 16.3. The highest BCUT2D eigenvalue weighted by Crippen LogP contribution is 2.09. The smallest absolute Gasteiger partial charge is 0.0971 e. The number of β-amino-alcohol motifs (C(OH)–C–C–N with tert-alkyl or cyclic N) is 1. The lowest BCUT2D eigenvalue weighted by molar-refractivity contribution is 0.0879. The maximum absolute atomic E-state index is 10.2. The van der Waals surface area contributed by atoms with Crippen molar-refractivity contribution in [3.63, 3.8) is 0 Å². The molecule has 1 aromatic heterocycles. The fourth-order valence-corrected chi connectivity index (χ4v) is 3.07. The first-order valence-electron chi connectivity index (χ1n) is 8.26. The lowest BCUT2D eigenvalue weighted by Crippen LogP contribution is -2.37. The van der Waals surface area contributed by atoms with Crippen LogP contribution in [0.25, 0.3) is 5.69 Å². The van der Waals surface area contributed by atoms with Gasteiger partial charge in [0.2, 0.25) is 0 Å². The number of aliphatic hydroxyl groups excluding tert-OH is 1. The van der Waals surface area contributed by atoms with Gasteiger partial charge in [0.25, 0.3) is 0 Å². The predicted molar refractivity (Wildman–Crippen MR) is 89.4 cm³/mol. The fourth-order valence-electron chi connectivity index (χ4n) is 3.07. The zero-order chi connectivity index (χ0) is 16.1. The molecule has 6 nitrogen and oxygen atoms in total. The van der Waals surface area contributed by atoms with Gasteiger partial charge in [0.15, 0.2) is 0 Å². The molecule has 1 fully saturated rings. The topological polar surface area (TPSA) is 57.4 Å². The van der Waals surface area contributed by atoms with Crippen molar-refractivity contribution in [2.75, 3.05) is 33.2 Å². The van der Waals surface area contributed by atoms with E-state index >= 15 is 0 Å². The number of aromatic nitrogens is 3. The lowest BCUT2D eigenvalue weighted by Gasteiger charge is -2.23. The molecule has 0 spiro atoms. The molecule has 0 unspecified atom stereocenters. The molecule has 0 radical (unpaired) electrons. The van der Waals surface area contributed by atoms with Gasteiger partial charge in [0.1, 0.15) is 0 Å². The summed E-state index contributed by atoms with van der Waals surface area (Å²) in [4.78, 5) is 6.08. The third-order valence-corrected chi connectivity index (χ3v) is 4.15. The molecule has 0 aliphatic carbocycles. The minimum absolute atomic E-state index is 0.317. The van der Waals surface area contributed by atoms with E-state index in [9.17, 15) is 5.11 Å². The van der Waals surface area contributed by atoms with Gasteiger partial charge in [-0.2, -0.15) is 15.0 Å². The van der Waals surface area contributed by atoms with Gasteiger partial charge < -0.3 is 10.0 Å². The van der Waals surface area contributed by atoms with Gasteiger partial charge in [-0.15, -0.1) is 0 Å². The molecule has 1 aliphatic rings. The first-order valence-corrected chi connectivity index (χ1v) is 8.26. The van der Waals surface area contributed by atoms with Gasteiger partial charge in [-0.25, -0.2) is 0 Å². The molecular formula is C17H25N5O. The fraction of sp³-hybridized carbons (Fsp3) is 0.529. The van der Waals surface area contributed by atoms with Crippen LogP contribution in [0.2, 0.25) is 0 Å². The van der Waals surface area contributed by atoms with Crippen LogP contribution in [-0.4, -0.2) is 69.2 Å². The van der Waals surface area contributed by atoms with Crippen molar-refractivity contribution in [1.29, 1.82) is 0 Å². The van der Waals surface area contributed by atoms with E-state index < -0.39 is 0 Å². The molecular weight excluding hydrogens is 290 g/mol. The van der Waals surface area contributed by atoms with Crippen molar-refractivity contribution in [2.45, 2.75) is 25.5 Å². The molecule has 3 rings (SSSR count). The van der Waals surface area contributed by atoms with E-state index in [4.69, 9.17) is 0 Å². The van der Waals surface area contributed by atoms with Crippen LogP contribution in [0.5, 0.6) is 0 Å². The molecule has 1 N–H and O–H groups in total. The number of benzene rings is 1. The highest BCUT2D eigenvalue weighted by molar-refractivity contribution is 5.28. The predicted octanol–water partition coefficient (Wildman–Crippen LogP) is 1.16. The third kappa shape index (κ3) is 4.60. The molecule has 1 saturated heterocycles. The summed E-state index contributed by atoms with van der Waals surface area (Å²) in [6, 6.07) is 9.88. The van der Waals surface area contributed by atoms with Crippen LogP contribution in [-0.2, 0) is 6.54 Å². The summed E-state index contributed by atoms with van der Waals surface area (Å²) in [5, 5.41) is 19.0. The van der Waals surface area contributed by atoms with Crippen LogP contribution in [0.15, 0.2) is 36.5 Å². The normalized spacial score (nSPS) is 17.0. The molecule has 0 bridgehead atoms. The van der Waals surface area contributed by atoms with Gasteiger partial charge in [0, 0.05) is 19.6 Å². The third-order valence-electron chi connectivity index (χ3n) is 4.15. The second-order valence-corrected chi connectivity index (χ2v) is 6.32. The van der Waals surface area contributed by atoms with E-state index in [1.165, 1.54) is 12.8 Å². The number of nitrogens with zero attached hydrogens (tertiary/aromatic N) is 5. The summed E-state index contributed by atoms with van der Waals surface area (Å²) in [5.74, 6) is 0. The van der Waals surface area contributed by atoms with Gasteiger partial charge in [-0.3, -0.25) is 4.90 Å². The first kappa shape index (κ1) is 16.1. The second-order valence-electron chi connectivity index (χ2n) is 6.32. The van der Waals surface area contributed by atoms with Crippen molar-refractivity contribution in [1.82, 2.24) is 24.8 Å². The minimum Gasteiger partial charge on any atom is -0.390 e. The van der Waals surface area contributed by atoms with E-state index in [-0.39, 0.29) is 6.10 Å². The summed E-state index contributed by atoms with van der Waals surface area (Å²) in [6.07, 6.45) is 3.98. The average Bonchev–Trinajstić information content (AvgIpc) is 3.20. The summed E-state index contributed by atoms with van der Waals surface area (Å²) in [6.45, 7) is 4.33. The summed E-state index contributed by atoms with van der Waals surface area (Å²) < 4.78 is 0. The second kappa shape index (κ2) is 7.68. The van der Waals surface area contributed by atoms with E-state index in [1.54, 1.807) is 11.0 Å². The molecule has 124 valence electrons. The molecule has 1 aromatic carbocycles. The zero-order valence-electron chi connectivity index (χ0n) is 13.7. The van der Waals surface area contributed by atoms with Crippen molar-refractivity contribution >= 4 is 0 Å². The lowest BCUT2D eigenvalue weighted by atomic mass is 10.3. The van der Waals surface area contributed by atoms with Crippen LogP contribution in [0, 0.1) is 0 Å². The van der Waals surface area contributed by atoms with Crippen LogP contribution in [0.1, 0.15) is 18.5 Å². The standard InChI is InChI=1S/C17H25N5O/c1-20(13-17(23)14-21-9-5-6-10-21)12-15-11-18-22(19-15)16-7-3-2-4-8-16/h2-4,7-8,11,17,23H,5-6,9-10,12-14H2,1H3/t17-/m1/s1. The van der Waals surface area contributed by atoms with E-state index in [0.717, 1.165) is 31.0 Å². The Bertz CT molecular complexity index is 594.